The fourth-order valence-corrected chi connectivity index (χ4v) is 3.40. The third-order valence-electron chi connectivity index (χ3n) is 4.57. The highest BCUT2D eigenvalue weighted by Gasteiger charge is 2.59. The van der Waals surface area contributed by atoms with Gasteiger partial charge in [0.05, 0.1) is 13.7 Å². The zero-order chi connectivity index (χ0) is 23.2. The summed E-state index contributed by atoms with van der Waals surface area (Å²) in [5.41, 5.74) is -0.959. The largest absolute Gasteiger partial charge is 0.496 e. The molecule has 170 valence electrons. The van der Waals surface area contributed by atoms with Crippen LogP contribution in [-0.2, 0) is 33.3 Å². The van der Waals surface area contributed by atoms with Gasteiger partial charge in [0.1, 0.15) is 30.5 Å². The fourth-order valence-electron chi connectivity index (χ4n) is 3.40. The summed E-state index contributed by atoms with van der Waals surface area (Å²) in [4.78, 5) is 24.2. The van der Waals surface area contributed by atoms with Gasteiger partial charge in [-0.1, -0.05) is 0 Å². The van der Waals surface area contributed by atoms with E-state index >= 15 is 0 Å². The highest BCUT2D eigenvalue weighted by molar-refractivity contribution is 5.89. The van der Waals surface area contributed by atoms with E-state index in [1.165, 1.54) is 26.4 Å². The number of carbonyl (C=O) groups excluding carboxylic acids is 2. The molecule has 9 heteroatoms. The van der Waals surface area contributed by atoms with Crippen molar-refractivity contribution in [3.8, 4) is 23.8 Å². The summed E-state index contributed by atoms with van der Waals surface area (Å²) in [5, 5.41) is 0. The van der Waals surface area contributed by atoms with Gasteiger partial charge in [-0.2, -0.15) is 0 Å². The number of benzene rings is 1. The lowest BCUT2D eigenvalue weighted by Crippen LogP contribution is -2.49. The van der Waals surface area contributed by atoms with Gasteiger partial charge in [-0.25, -0.2) is 9.59 Å². The molecular weight excluding hydrogens is 408 g/mol. The summed E-state index contributed by atoms with van der Waals surface area (Å²) in [7, 11) is 2.91. The minimum atomic E-state index is -1.47. The summed E-state index contributed by atoms with van der Waals surface area (Å²) < 4.78 is 38.8. The topological polar surface area (TPSA) is 98.8 Å². The van der Waals surface area contributed by atoms with Crippen LogP contribution in [0.25, 0.3) is 0 Å². The molecule has 1 aliphatic heterocycles. The van der Waals surface area contributed by atoms with E-state index in [2.05, 4.69) is 0 Å². The summed E-state index contributed by atoms with van der Waals surface area (Å²) in [6.07, 6.45) is 3.28. The number of hydrogen-bond acceptors (Lipinski definition) is 9. The van der Waals surface area contributed by atoms with Crippen LogP contribution in [0.4, 0.5) is 0 Å². The van der Waals surface area contributed by atoms with Crippen molar-refractivity contribution in [3.05, 3.63) is 23.8 Å². The van der Waals surface area contributed by atoms with Crippen molar-refractivity contribution in [1.29, 1.82) is 0 Å². The molecule has 1 aromatic carbocycles. The van der Waals surface area contributed by atoms with Crippen LogP contribution in [0.3, 0.4) is 0 Å². The molecule has 9 nitrogen and oxygen atoms in total. The first-order chi connectivity index (χ1) is 14.6. The lowest BCUT2D eigenvalue weighted by atomic mass is 9.90. The van der Waals surface area contributed by atoms with Crippen molar-refractivity contribution in [3.63, 3.8) is 0 Å². The van der Waals surface area contributed by atoms with Crippen LogP contribution in [0.2, 0.25) is 0 Å². The van der Waals surface area contributed by atoms with Crippen LogP contribution >= 0.6 is 0 Å². The first kappa shape index (κ1) is 24.6. The van der Waals surface area contributed by atoms with E-state index in [-0.39, 0.29) is 19.1 Å². The Bertz CT molecular complexity index is 842. The van der Waals surface area contributed by atoms with Gasteiger partial charge in [-0.05, 0) is 39.8 Å². The Balaban J connectivity index is 2.52. The average molecular weight is 436 g/mol. The molecule has 3 atom stereocenters. The highest BCUT2D eigenvalue weighted by atomic mass is 16.8. The predicted molar refractivity (Wildman–Crippen MR) is 108 cm³/mol. The van der Waals surface area contributed by atoms with Crippen LogP contribution in [0.1, 0.15) is 39.4 Å². The molecule has 0 bridgehead atoms. The molecule has 0 N–H and O–H groups in total. The van der Waals surface area contributed by atoms with Gasteiger partial charge in [0.25, 0.3) is 0 Å². The quantitative estimate of drug-likeness (QED) is 0.190. The Labute approximate surface area is 181 Å². The number of methoxy groups -OCH3 is 2. The van der Waals surface area contributed by atoms with Gasteiger partial charge in [0.15, 0.2) is 11.4 Å². The lowest BCUT2D eigenvalue weighted by molar-refractivity contribution is -0.186. The molecule has 0 amide bonds. The van der Waals surface area contributed by atoms with Crippen LogP contribution in [0, 0.1) is 12.3 Å². The van der Waals surface area contributed by atoms with Gasteiger partial charge in [-0.15, -0.1) is 6.42 Å². The third kappa shape index (κ3) is 5.54. The predicted octanol–water partition coefficient (Wildman–Crippen LogP) is 2.37. The minimum Gasteiger partial charge on any atom is -0.496 e. The van der Waals surface area contributed by atoms with Gasteiger partial charge in [-0.3, -0.25) is 0 Å². The maximum Gasteiger partial charge on any atom is 0.389 e. The maximum atomic E-state index is 12.8. The summed E-state index contributed by atoms with van der Waals surface area (Å²) in [6, 6.07) is 4.63. The van der Waals surface area contributed by atoms with Crippen molar-refractivity contribution in [2.75, 3.05) is 27.6 Å². The van der Waals surface area contributed by atoms with E-state index < -0.39 is 35.5 Å². The number of terminal acetylenes is 1. The fraction of sp³-hybridized carbons (Fsp3) is 0.545. The van der Waals surface area contributed by atoms with Crippen molar-refractivity contribution in [2.45, 2.75) is 51.3 Å². The molecule has 1 heterocycles. The van der Waals surface area contributed by atoms with Crippen LogP contribution in [-0.4, -0.2) is 57.1 Å². The Morgan fingerprint density at radius 3 is 2.55 bits per heavy atom. The number of esters is 2. The van der Waals surface area contributed by atoms with Crippen molar-refractivity contribution < 1.29 is 42.7 Å². The van der Waals surface area contributed by atoms with Crippen LogP contribution in [0.5, 0.6) is 11.5 Å². The van der Waals surface area contributed by atoms with Gasteiger partial charge in [0.2, 0.25) is 0 Å². The molecule has 1 fully saturated rings. The number of rotatable bonds is 9. The summed E-state index contributed by atoms with van der Waals surface area (Å²) in [6.45, 7) is 6.75. The van der Waals surface area contributed by atoms with E-state index in [0.717, 1.165) is 0 Å². The standard InChI is InChI=1S/C22H28O9/c1-8-17(23)29-14-10-11-15(16(12-14)26-7)18(28-13-25-6)19-22(5,20(24)27-9-2)31-21(3,4)30-19/h1,10-12,18-19H,9,13H2,2-7H3/t18-,19-,22+/m0/s1. The molecule has 0 spiro atoms. The van der Waals surface area contributed by atoms with E-state index in [4.69, 9.17) is 39.6 Å². The van der Waals surface area contributed by atoms with Gasteiger partial charge in [0, 0.05) is 24.7 Å². The Morgan fingerprint density at radius 2 is 1.97 bits per heavy atom. The number of ether oxygens (including phenoxy) is 7. The van der Waals surface area contributed by atoms with Crippen molar-refractivity contribution in [1.82, 2.24) is 0 Å². The molecule has 1 aliphatic rings. The average Bonchev–Trinajstić information content (AvgIpc) is 2.98. The molecule has 0 aliphatic carbocycles. The number of carbonyl (C=O) groups is 2. The lowest BCUT2D eigenvalue weighted by Gasteiger charge is -2.32. The second-order valence-corrected chi connectivity index (χ2v) is 7.30. The first-order valence-electron chi connectivity index (χ1n) is 9.64. The van der Waals surface area contributed by atoms with E-state index in [1.807, 2.05) is 5.92 Å². The zero-order valence-electron chi connectivity index (χ0n) is 18.6. The number of hydrogen-bond donors (Lipinski definition) is 0. The molecule has 31 heavy (non-hydrogen) atoms. The summed E-state index contributed by atoms with van der Waals surface area (Å²) in [5.74, 6) is -0.134. The smallest absolute Gasteiger partial charge is 0.389 e. The highest BCUT2D eigenvalue weighted by Crippen LogP contribution is 2.46. The second-order valence-electron chi connectivity index (χ2n) is 7.30. The molecule has 0 radical (unpaired) electrons. The van der Waals surface area contributed by atoms with Gasteiger partial charge >= 0.3 is 11.9 Å². The third-order valence-corrected chi connectivity index (χ3v) is 4.57. The SMILES string of the molecule is C#CC(=O)Oc1ccc([C@H](OCOC)[C@@H]2OC(C)(C)O[C@@]2(C)C(=O)OCC)c(OC)c1. The normalized spacial score (nSPS) is 22.9. The van der Waals surface area contributed by atoms with E-state index in [0.29, 0.717) is 11.3 Å². The molecule has 2 rings (SSSR count). The zero-order valence-corrected chi connectivity index (χ0v) is 18.6. The molecule has 0 saturated carbocycles. The van der Waals surface area contributed by atoms with E-state index in [9.17, 15) is 9.59 Å². The van der Waals surface area contributed by atoms with Crippen molar-refractivity contribution in [2.24, 2.45) is 0 Å². The van der Waals surface area contributed by atoms with E-state index in [1.54, 1.807) is 33.8 Å². The van der Waals surface area contributed by atoms with Gasteiger partial charge < -0.3 is 33.2 Å². The Kier molecular flexibility index (Phi) is 8.03. The summed E-state index contributed by atoms with van der Waals surface area (Å²) >= 11 is 0. The Hall–Kier alpha value is -2.64. The molecule has 0 aromatic heterocycles. The maximum absolute atomic E-state index is 12.8. The molecule has 1 aromatic rings. The van der Waals surface area contributed by atoms with Crippen LogP contribution < -0.4 is 9.47 Å². The first-order valence-corrected chi connectivity index (χ1v) is 9.64. The molecular formula is C22H28O9. The molecule has 0 unspecified atom stereocenters. The second kappa shape index (κ2) is 10.1. The molecule has 1 saturated heterocycles. The monoisotopic (exact) mass is 436 g/mol. The Morgan fingerprint density at radius 1 is 1.26 bits per heavy atom. The minimum absolute atomic E-state index is 0.0964. The van der Waals surface area contributed by atoms with Crippen molar-refractivity contribution >= 4 is 11.9 Å². The van der Waals surface area contributed by atoms with Crippen LogP contribution in [0.15, 0.2) is 18.2 Å².